The Bertz CT molecular complexity index is 541. The fourth-order valence-corrected chi connectivity index (χ4v) is 1.80. The molecular formula is C12H12N4O2. The van der Waals surface area contributed by atoms with Crippen LogP contribution in [0.5, 0.6) is 5.88 Å². The van der Waals surface area contributed by atoms with Crippen molar-refractivity contribution in [3.05, 3.63) is 36.2 Å². The molecule has 1 aliphatic rings. The minimum absolute atomic E-state index is 0.279. The van der Waals surface area contributed by atoms with Crippen molar-refractivity contribution in [3.8, 4) is 5.88 Å². The van der Waals surface area contributed by atoms with Crippen LogP contribution in [0.2, 0.25) is 0 Å². The third-order valence-electron chi connectivity index (χ3n) is 2.65. The standard InChI is InChI=1S/C12H12N4O2/c17-12(14-10-4-1-2-5-13-10)9-8-11-16(15-9)6-3-7-18-11/h1-2,4-5,8H,3,6-7H2,(H,13,14,17). The number of aryl methyl sites for hydroxylation is 1. The van der Waals surface area contributed by atoms with E-state index in [1.54, 1.807) is 29.1 Å². The SMILES string of the molecule is O=C(Nc1ccccn1)c1cc2n(n1)CCCO2. The molecule has 1 N–H and O–H groups in total. The van der Waals surface area contributed by atoms with Crippen molar-refractivity contribution in [1.82, 2.24) is 14.8 Å². The van der Waals surface area contributed by atoms with E-state index in [1.165, 1.54) is 0 Å². The molecule has 0 saturated carbocycles. The monoisotopic (exact) mass is 244 g/mol. The third-order valence-corrected chi connectivity index (χ3v) is 2.65. The van der Waals surface area contributed by atoms with Gasteiger partial charge in [-0.05, 0) is 12.1 Å². The van der Waals surface area contributed by atoms with E-state index in [4.69, 9.17) is 4.74 Å². The van der Waals surface area contributed by atoms with Gasteiger partial charge in [-0.25, -0.2) is 9.67 Å². The van der Waals surface area contributed by atoms with Gasteiger partial charge in [0.2, 0.25) is 5.88 Å². The number of hydrogen-bond donors (Lipinski definition) is 1. The first-order valence-corrected chi connectivity index (χ1v) is 5.76. The number of hydrogen-bond acceptors (Lipinski definition) is 4. The number of fused-ring (bicyclic) bond motifs is 1. The van der Waals surface area contributed by atoms with Crippen LogP contribution < -0.4 is 10.1 Å². The van der Waals surface area contributed by atoms with Crippen molar-refractivity contribution in [2.45, 2.75) is 13.0 Å². The number of pyridine rings is 1. The summed E-state index contributed by atoms with van der Waals surface area (Å²) in [6.07, 6.45) is 2.53. The summed E-state index contributed by atoms with van der Waals surface area (Å²) in [4.78, 5) is 16.0. The van der Waals surface area contributed by atoms with Gasteiger partial charge in [-0.1, -0.05) is 6.07 Å². The maximum Gasteiger partial charge on any atom is 0.277 e. The van der Waals surface area contributed by atoms with E-state index in [-0.39, 0.29) is 5.91 Å². The van der Waals surface area contributed by atoms with Crippen LogP contribution in [0.25, 0.3) is 0 Å². The smallest absolute Gasteiger partial charge is 0.277 e. The van der Waals surface area contributed by atoms with Gasteiger partial charge in [-0.3, -0.25) is 4.79 Å². The largest absolute Gasteiger partial charge is 0.478 e. The predicted molar refractivity (Wildman–Crippen MR) is 64.5 cm³/mol. The van der Waals surface area contributed by atoms with E-state index < -0.39 is 0 Å². The minimum Gasteiger partial charge on any atom is -0.478 e. The predicted octanol–water partition coefficient (Wildman–Crippen LogP) is 1.31. The molecule has 0 saturated heterocycles. The van der Waals surface area contributed by atoms with Crippen LogP contribution in [-0.2, 0) is 6.54 Å². The zero-order chi connectivity index (χ0) is 12.4. The van der Waals surface area contributed by atoms with Gasteiger partial charge in [-0.2, -0.15) is 5.10 Å². The van der Waals surface area contributed by atoms with E-state index in [0.29, 0.717) is 24.0 Å². The second-order valence-corrected chi connectivity index (χ2v) is 3.96. The molecular weight excluding hydrogens is 232 g/mol. The zero-order valence-corrected chi connectivity index (χ0v) is 9.67. The molecule has 18 heavy (non-hydrogen) atoms. The number of rotatable bonds is 2. The number of amides is 1. The first kappa shape index (κ1) is 10.8. The van der Waals surface area contributed by atoms with Crippen LogP contribution in [0.15, 0.2) is 30.5 Å². The Morgan fingerprint density at radius 2 is 2.39 bits per heavy atom. The van der Waals surface area contributed by atoms with Gasteiger partial charge in [0.05, 0.1) is 6.61 Å². The van der Waals surface area contributed by atoms with E-state index in [2.05, 4.69) is 15.4 Å². The number of nitrogens with one attached hydrogen (secondary N) is 1. The van der Waals surface area contributed by atoms with Crippen molar-refractivity contribution >= 4 is 11.7 Å². The molecule has 0 aliphatic carbocycles. The molecule has 3 heterocycles. The summed E-state index contributed by atoms with van der Waals surface area (Å²) < 4.78 is 7.11. The molecule has 0 atom stereocenters. The maximum atomic E-state index is 11.9. The van der Waals surface area contributed by atoms with Gasteiger partial charge < -0.3 is 10.1 Å². The molecule has 1 amide bonds. The van der Waals surface area contributed by atoms with Crippen LogP contribution in [0.3, 0.4) is 0 Å². The van der Waals surface area contributed by atoms with E-state index in [9.17, 15) is 4.79 Å². The van der Waals surface area contributed by atoms with Gasteiger partial charge in [0.1, 0.15) is 5.82 Å². The average Bonchev–Trinajstić information content (AvgIpc) is 2.84. The molecule has 0 spiro atoms. The van der Waals surface area contributed by atoms with Gasteiger partial charge in [0.25, 0.3) is 5.91 Å². The molecule has 92 valence electrons. The first-order chi connectivity index (χ1) is 8.83. The molecule has 0 bridgehead atoms. The highest BCUT2D eigenvalue weighted by atomic mass is 16.5. The first-order valence-electron chi connectivity index (χ1n) is 5.76. The summed E-state index contributed by atoms with van der Waals surface area (Å²) in [7, 11) is 0. The van der Waals surface area contributed by atoms with Crippen LogP contribution in [0.4, 0.5) is 5.82 Å². The minimum atomic E-state index is -0.279. The lowest BCUT2D eigenvalue weighted by Gasteiger charge is -2.13. The van der Waals surface area contributed by atoms with E-state index >= 15 is 0 Å². The van der Waals surface area contributed by atoms with Gasteiger partial charge >= 0.3 is 0 Å². The number of nitrogens with zero attached hydrogens (tertiary/aromatic N) is 3. The van der Waals surface area contributed by atoms with Crippen molar-refractivity contribution in [2.75, 3.05) is 11.9 Å². The number of anilines is 1. The number of ether oxygens (including phenoxy) is 1. The highest BCUT2D eigenvalue weighted by molar-refractivity contribution is 6.02. The van der Waals surface area contributed by atoms with E-state index in [0.717, 1.165) is 13.0 Å². The number of carbonyl (C=O) groups is 1. The molecule has 3 rings (SSSR count). The molecule has 1 aliphatic heterocycles. The number of aromatic nitrogens is 3. The lowest BCUT2D eigenvalue weighted by molar-refractivity contribution is 0.102. The fourth-order valence-electron chi connectivity index (χ4n) is 1.80. The Balaban J connectivity index is 1.78. The van der Waals surface area contributed by atoms with Crippen molar-refractivity contribution in [1.29, 1.82) is 0 Å². The number of carbonyl (C=O) groups excluding carboxylic acids is 1. The van der Waals surface area contributed by atoms with E-state index in [1.807, 2.05) is 6.07 Å². The lowest BCUT2D eigenvalue weighted by Crippen LogP contribution is -2.16. The van der Waals surface area contributed by atoms with Crippen molar-refractivity contribution < 1.29 is 9.53 Å². The molecule has 6 heteroatoms. The summed E-state index contributed by atoms with van der Waals surface area (Å²) >= 11 is 0. The lowest BCUT2D eigenvalue weighted by atomic mass is 10.3. The maximum absolute atomic E-state index is 11.9. The van der Waals surface area contributed by atoms with Gasteiger partial charge in [0, 0.05) is 25.2 Å². The van der Waals surface area contributed by atoms with Crippen LogP contribution in [0.1, 0.15) is 16.9 Å². The topological polar surface area (TPSA) is 69.0 Å². The second-order valence-electron chi connectivity index (χ2n) is 3.96. The van der Waals surface area contributed by atoms with Crippen molar-refractivity contribution in [2.24, 2.45) is 0 Å². The molecule has 2 aromatic rings. The molecule has 0 aromatic carbocycles. The average molecular weight is 244 g/mol. The molecule has 0 unspecified atom stereocenters. The summed E-state index contributed by atoms with van der Waals surface area (Å²) in [6, 6.07) is 6.98. The van der Waals surface area contributed by atoms with Crippen LogP contribution in [-0.4, -0.2) is 27.3 Å². The Morgan fingerprint density at radius 3 is 3.17 bits per heavy atom. The summed E-state index contributed by atoms with van der Waals surface area (Å²) in [5, 5.41) is 6.88. The third kappa shape index (κ3) is 2.04. The normalized spacial score (nSPS) is 13.6. The Kier molecular flexibility index (Phi) is 2.68. The van der Waals surface area contributed by atoms with Crippen LogP contribution in [0, 0.1) is 0 Å². The van der Waals surface area contributed by atoms with Crippen molar-refractivity contribution in [3.63, 3.8) is 0 Å². The summed E-state index contributed by atoms with van der Waals surface area (Å²) in [6.45, 7) is 1.46. The summed E-state index contributed by atoms with van der Waals surface area (Å²) in [5.74, 6) is 0.876. The molecule has 6 nitrogen and oxygen atoms in total. The Labute approximate surface area is 104 Å². The molecule has 0 fully saturated rings. The zero-order valence-electron chi connectivity index (χ0n) is 9.67. The van der Waals surface area contributed by atoms with Gasteiger partial charge in [0.15, 0.2) is 5.69 Å². The molecule has 0 radical (unpaired) electrons. The fraction of sp³-hybridized carbons (Fsp3) is 0.250. The van der Waals surface area contributed by atoms with Gasteiger partial charge in [-0.15, -0.1) is 0 Å². The highest BCUT2D eigenvalue weighted by Crippen LogP contribution is 2.18. The Hall–Kier alpha value is -2.37. The molecule has 2 aromatic heterocycles. The Morgan fingerprint density at radius 1 is 1.44 bits per heavy atom. The quantitative estimate of drug-likeness (QED) is 0.864. The van der Waals surface area contributed by atoms with Crippen LogP contribution >= 0.6 is 0 Å². The second kappa shape index (κ2) is 4.48. The highest BCUT2D eigenvalue weighted by Gasteiger charge is 2.17. The summed E-state index contributed by atoms with van der Waals surface area (Å²) in [5.41, 5.74) is 0.345.